The number of fused-ring (bicyclic) bond motifs is 2. The fourth-order valence-corrected chi connectivity index (χ4v) is 9.39. The Balaban J connectivity index is 1.02. The number of aliphatic hydroxyl groups excluding tert-OH is 1. The predicted molar refractivity (Wildman–Crippen MR) is 163 cm³/mol. The first-order chi connectivity index (χ1) is 21.1. The smallest absolute Gasteiger partial charge is 0.233 e. The van der Waals surface area contributed by atoms with Gasteiger partial charge in [-0.05, 0) is 69.2 Å². The summed E-state index contributed by atoms with van der Waals surface area (Å²) in [7, 11) is -3.79. The summed E-state index contributed by atoms with van der Waals surface area (Å²) in [5.41, 5.74) is 2.54. The number of Topliss-reactive ketones (excluding diaryl/α,β-unsaturated/α-hetero) is 1. The van der Waals surface area contributed by atoms with Crippen LogP contribution in [0.25, 0.3) is 11.3 Å². The lowest BCUT2D eigenvalue weighted by molar-refractivity contribution is -0.126. The maximum atomic E-state index is 13.5. The molecule has 3 saturated carbocycles. The number of amides is 1. The molecule has 3 heterocycles. The molecule has 1 amide bonds. The van der Waals surface area contributed by atoms with Crippen molar-refractivity contribution in [3.8, 4) is 11.3 Å². The van der Waals surface area contributed by atoms with Crippen molar-refractivity contribution in [3.63, 3.8) is 0 Å². The number of carbonyl (C=O) groups excluding carboxylic acids is 2. The molecule has 1 aliphatic heterocycles. The van der Waals surface area contributed by atoms with Crippen LogP contribution in [0.15, 0.2) is 41.1 Å². The van der Waals surface area contributed by atoms with Gasteiger partial charge in [0.05, 0.1) is 51.9 Å². The van der Waals surface area contributed by atoms with E-state index in [1.807, 2.05) is 0 Å². The molecule has 5 atom stereocenters. The van der Waals surface area contributed by atoms with Crippen molar-refractivity contribution in [2.24, 2.45) is 5.92 Å². The molecule has 1 N–H and O–H groups in total. The summed E-state index contributed by atoms with van der Waals surface area (Å²) in [6, 6.07) is 8.27. The second kappa shape index (κ2) is 11.5. The van der Waals surface area contributed by atoms with Gasteiger partial charge in [0, 0.05) is 23.1 Å². The first kappa shape index (κ1) is 29.9. The van der Waals surface area contributed by atoms with Crippen LogP contribution in [-0.4, -0.2) is 64.6 Å². The van der Waals surface area contributed by atoms with Crippen molar-refractivity contribution in [1.29, 1.82) is 0 Å². The molecule has 13 heteroatoms. The molecule has 7 rings (SSSR count). The number of halogens is 2. The third-order valence-corrected chi connectivity index (χ3v) is 12.1. The topological polar surface area (TPSA) is 140 Å². The van der Waals surface area contributed by atoms with Crippen LogP contribution in [0.5, 0.6) is 0 Å². The summed E-state index contributed by atoms with van der Waals surface area (Å²) in [5, 5.41) is 14.3. The van der Waals surface area contributed by atoms with Crippen LogP contribution < -0.4 is 4.90 Å². The molecule has 3 aromatic rings. The Kier molecular flexibility index (Phi) is 7.81. The molecule has 4 aliphatic rings. The molecule has 232 valence electrons. The minimum absolute atomic E-state index is 0.0115. The van der Waals surface area contributed by atoms with Crippen molar-refractivity contribution in [1.82, 2.24) is 10.1 Å². The average molecular weight is 661 g/mol. The van der Waals surface area contributed by atoms with Gasteiger partial charge in [0.25, 0.3) is 0 Å². The summed E-state index contributed by atoms with van der Waals surface area (Å²) < 4.78 is 37.5. The van der Waals surface area contributed by atoms with Crippen LogP contribution in [0.4, 0.5) is 5.69 Å². The Bertz CT molecular complexity index is 1700. The van der Waals surface area contributed by atoms with Crippen molar-refractivity contribution in [3.05, 3.63) is 63.6 Å². The van der Waals surface area contributed by atoms with Gasteiger partial charge in [0.1, 0.15) is 22.9 Å². The minimum atomic E-state index is -3.79. The quantitative estimate of drug-likeness (QED) is 0.293. The molecule has 10 nitrogen and oxygen atoms in total. The molecule has 1 aromatic carbocycles. The van der Waals surface area contributed by atoms with Gasteiger partial charge in [-0.3, -0.25) is 14.6 Å². The van der Waals surface area contributed by atoms with E-state index in [1.54, 1.807) is 29.2 Å². The Morgan fingerprint density at radius 3 is 2.50 bits per heavy atom. The monoisotopic (exact) mass is 659 g/mol. The van der Waals surface area contributed by atoms with E-state index in [0.29, 0.717) is 59.1 Å². The number of ether oxygens (including phenoxy) is 1. The van der Waals surface area contributed by atoms with Gasteiger partial charge in [0.2, 0.25) is 5.91 Å². The third kappa shape index (κ3) is 5.36. The lowest BCUT2D eigenvalue weighted by Crippen LogP contribution is -2.43. The maximum Gasteiger partial charge on any atom is 0.233 e. The standard InChI is InChI=1S/C31H31Cl2N3O7S/c32-21-3-1-4-22(33)28(21)29-20(30(43-35-29)16-7-8-16)14-42-26-12-18-11-19(26)31(39)36(18)17-9-10-23(34-13-17)25(38)15-44(40,41)27-6-2-5-24(27)37/h1,3-4,9-10,13,16,18-19,24,26-27,37H,2,5-8,11-12,14-15H2/t18-,19+,24+,26+,27+/m0/s1. The lowest BCUT2D eigenvalue weighted by Gasteiger charge is -2.31. The number of ketones is 1. The van der Waals surface area contributed by atoms with Crippen LogP contribution >= 0.6 is 23.2 Å². The van der Waals surface area contributed by atoms with E-state index in [4.69, 9.17) is 32.5 Å². The number of benzene rings is 1. The molecule has 4 fully saturated rings. The molecule has 2 aromatic heterocycles. The molecule has 3 aliphatic carbocycles. The number of hydrogen-bond acceptors (Lipinski definition) is 9. The second-order valence-electron chi connectivity index (χ2n) is 12.2. The number of sulfone groups is 1. The van der Waals surface area contributed by atoms with Crippen LogP contribution in [0.3, 0.4) is 0 Å². The molecule has 44 heavy (non-hydrogen) atoms. The summed E-state index contributed by atoms with van der Waals surface area (Å²) >= 11 is 13.0. The van der Waals surface area contributed by atoms with Crippen LogP contribution in [0.1, 0.15) is 72.7 Å². The summed E-state index contributed by atoms with van der Waals surface area (Å²) in [6.07, 6.45) is 4.89. The SMILES string of the molecule is O=C(CS(=O)(=O)[C@@H]1CCC[C@H]1O)c1ccc(N2C(=O)[C@@H]3C[C@H]2C[C@H]3OCc2c(-c3c(Cl)cccc3Cl)noc2C2CC2)cn1. The fourth-order valence-electron chi connectivity index (χ4n) is 6.95. The highest BCUT2D eigenvalue weighted by Crippen LogP contribution is 2.47. The van der Waals surface area contributed by atoms with Crippen molar-refractivity contribution < 1.29 is 32.4 Å². The third-order valence-electron chi connectivity index (χ3n) is 9.33. The molecular weight excluding hydrogens is 629 g/mol. The number of anilines is 1. The van der Waals surface area contributed by atoms with E-state index in [1.165, 1.54) is 12.3 Å². The first-order valence-electron chi connectivity index (χ1n) is 14.9. The molecule has 2 bridgehead atoms. The summed E-state index contributed by atoms with van der Waals surface area (Å²) in [5.74, 6) is -0.681. The lowest BCUT2D eigenvalue weighted by atomic mass is 10.0. The predicted octanol–water partition coefficient (Wildman–Crippen LogP) is 5.14. The zero-order chi connectivity index (χ0) is 30.7. The summed E-state index contributed by atoms with van der Waals surface area (Å²) in [4.78, 5) is 32.1. The Morgan fingerprint density at radius 2 is 1.86 bits per heavy atom. The average Bonchev–Trinajstić information content (AvgIpc) is 3.27. The van der Waals surface area contributed by atoms with Gasteiger partial charge < -0.3 is 19.3 Å². The minimum Gasteiger partial charge on any atom is -0.392 e. The van der Waals surface area contributed by atoms with E-state index in [2.05, 4.69) is 10.1 Å². The van der Waals surface area contributed by atoms with Crippen LogP contribution in [-0.2, 0) is 26.0 Å². The number of pyridine rings is 1. The normalized spacial score (nSPS) is 26.6. The number of aromatic nitrogens is 2. The Hall–Kier alpha value is -2.83. The van der Waals surface area contributed by atoms with Gasteiger partial charge in [-0.1, -0.05) is 34.4 Å². The van der Waals surface area contributed by atoms with Gasteiger partial charge in [0.15, 0.2) is 15.6 Å². The number of nitrogens with zero attached hydrogens (tertiary/aromatic N) is 3. The number of rotatable bonds is 10. The number of piperidine rings is 1. The molecule has 0 radical (unpaired) electrons. The molecule has 1 saturated heterocycles. The molecular formula is C31H31Cl2N3O7S. The highest BCUT2D eigenvalue weighted by atomic mass is 35.5. The number of aliphatic hydroxyl groups is 1. The van der Waals surface area contributed by atoms with Gasteiger partial charge >= 0.3 is 0 Å². The maximum absolute atomic E-state index is 13.5. The van der Waals surface area contributed by atoms with E-state index < -0.39 is 32.7 Å². The zero-order valence-corrected chi connectivity index (χ0v) is 26.0. The second-order valence-corrected chi connectivity index (χ2v) is 15.2. The van der Waals surface area contributed by atoms with E-state index in [9.17, 15) is 23.1 Å². The molecule has 0 spiro atoms. The highest BCUT2D eigenvalue weighted by Gasteiger charge is 2.52. The van der Waals surface area contributed by atoms with E-state index >= 15 is 0 Å². The van der Waals surface area contributed by atoms with Crippen LogP contribution in [0.2, 0.25) is 10.0 Å². The number of carbonyl (C=O) groups is 2. The van der Waals surface area contributed by atoms with Gasteiger partial charge in [-0.25, -0.2) is 8.42 Å². The summed E-state index contributed by atoms with van der Waals surface area (Å²) in [6.45, 7) is 0.215. The van der Waals surface area contributed by atoms with E-state index in [-0.39, 0.29) is 42.2 Å². The molecule has 0 unspecified atom stereocenters. The fraction of sp³-hybridized carbons (Fsp3) is 0.484. The van der Waals surface area contributed by atoms with Crippen LogP contribution in [0, 0.1) is 5.92 Å². The number of hydrogen-bond donors (Lipinski definition) is 1. The van der Waals surface area contributed by atoms with Crippen molar-refractivity contribution in [2.45, 2.75) is 81.0 Å². The van der Waals surface area contributed by atoms with Gasteiger partial charge in [-0.15, -0.1) is 0 Å². The zero-order valence-electron chi connectivity index (χ0n) is 23.7. The Labute approximate surface area is 264 Å². The van der Waals surface area contributed by atoms with Crippen molar-refractivity contribution >= 4 is 50.4 Å². The highest BCUT2D eigenvalue weighted by molar-refractivity contribution is 7.92. The largest absolute Gasteiger partial charge is 0.392 e. The first-order valence-corrected chi connectivity index (χ1v) is 17.4. The van der Waals surface area contributed by atoms with E-state index in [0.717, 1.165) is 24.2 Å². The van der Waals surface area contributed by atoms with Crippen molar-refractivity contribution in [2.75, 3.05) is 10.7 Å². The Morgan fingerprint density at radius 1 is 1.09 bits per heavy atom. The van der Waals surface area contributed by atoms with Gasteiger partial charge in [-0.2, -0.15) is 0 Å².